The van der Waals surface area contributed by atoms with Gasteiger partial charge in [-0.05, 0) is 44.2 Å². The first kappa shape index (κ1) is 26.8. The fraction of sp³-hybridized carbons (Fsp3) is 0.143. The summed E-state index contributed by atoms with van der Waals surface area (Å²) in [6.45, 7) is 3.17. The van der Waals surface area contributed by atoms with E-state index in [4.69, 9.17) is 13.9 Å². The third kappa shape index (κ3) is 5.21. The van der Waals surface area contributed by atoms with Crippen molar-refractivity contribution >= 4 is 55.7 Å². The van der Waals surface area contributed by atoms with E-state index in [1.165, 1.54) is 25.3 Å². The maximum absolute atomic E-state index is 13.6. The molecular formula is C28H21BrN4O7. The molecule has 0 saturated carbocycles. The van der Waals surface area contributed by atoms with Gasteiger partial charge in [-0.2, -0.15) is 9.78 Å². The number of aromatic nitrogens is 2. The zero-order valence-electron chi connectivity index (χ0n) is 21.2. The number of rotatable bonds is 8. The minimum Gasteiger partial charge on any atom is -0.471 e. The minimum absolute atomic E-state index is 0.117. The lowest BCUT2D eigenvalue weighted by Crippen LogP contribution is -2.27. The summed E-state index contributed by atoms with van der Waals surface area (Å²) in [6, 6.07) is 18.7. The molecule has 0 fully saturated rings. The van der Waals surface area contributed by atoms with E-state index in [2.05, 4.69) is 26.0 Å². The number of nitro benzene ring substituents is 1. The molecular weight excluding hydrogens is 584 g/mol. The average Bonchev–Trinajstić information content (AvgIpc) is 3.37. The second-order valence-electron chi connectivity index (χ2n) is 8.58. The highest BCUT2D eigenvalue weighted by molar-refractivity contribution is 9.10. The Hall–Kier alpha value is -4.84. The lowest BCUT2D eigenvalue weighted by Gasteiger charge is -2.15. The van der Waals surface area contributed by atoms with Crippen molar-refractivity contribution < 1.29 is 23.6 Å². The summed E-state index contributed by atoms with van der Waals surface area (Å²) in [5.41, 5.74) is 0.284. The Labute approximate surface area is 234 Å². The van der Waals surface area contributed by atoms with Crippen LogP contribution >= 0.6 is 15.9 Å². The van der Waals surface area contributed by atoms with Crippen LogP contribution in [-0.4, -0.2) is 39.5 Å². The molecule has 12 heteroatoms. The number of benzene rings is 3. The molecule has 0 aliphatic carbocycles. The molecule has 0 N–H and O–H groups in total. The zero-order valence-corrected chi connectivity index (χ0v) is 22.8. The number of ether oxygens (including phenoxy) is 2. The standard InChI is InChI=1S/C28H21BrN4O7/c1-3-38-28(35)16(2)39-25-18(12-19(29)14-22(25)33(36)37)15-30-32-26(24-13-17-8-4-7-11-23(17)40-24)31-21-10-6-5-9-20(21)27(32)34/h4-16H,3H2,1-2H3/t16-/m0/s1. The first-order valence-electron chi connectivity index (χ1n) is 12.1. The van der Waals surface area contributed by atoms with Crippen molar-refractivity contribution in [3.63, 3.8) is 0 Å². The molecule has 2 heterocycles. The van der Waals surface area contributed by atoms with Gasteiger partial charge in [-0.15, -0.1) is 0 Å². The predicted octanol–water partition coefficient (Wildman–Crippen LogP) is 5.69. The van der Waals surface area contributed by atoms with Gasteiger partial charge in [0.2, 0.25) is 11.6 Å². The Bertz CT molecular complexity index is 1830. The highest BCUT2D eigenvalue weighted by atomic mass is 79.9. The molecule has 0 spiro atoms. The van der Waals surface area contributed by atoms with Crippen LogP contribution in [0.4, 0.5) is 5.69 Å². The number of furan rings is 1. The Balaban J connectivity index is 1.68. The molecule has 40 heavy (non-hydrogen) atoms. The van der Waals surface area contributed by atoms with Gasteiger partial charge in [-0.1, -0.05) is 46.3 Å². The number of carbonyl (C=O) groups excluding carboxylic acids is 1. The number of nitrogens with zero attached hydrogens (tertiary/aromatic N) is 4. The van der Waals surface area contributed by atoms with Crippen molar-refractivity contribution in [1.82, 2.24) is 9.66 Å². The number of esters is 1. The molecule has 202 valence electrons. The van der Waals surface area contributed by atoms with E-state index in [0.717, 1.165) is 10.1 Å². The van der Waals surface area contributed by atoms with Crippen LogP contribution in [0, 0.1) is 10.1 Å². The van der Waals surface area contributed by atoms with Gasteiger partial charge in [0.15, 0.2) is 11.9 Å². The van der Waals surface area contributed by atoms with Gasteiger partial charge >= 0.3 is 11.7 Å². The van der Waals surface area contributed by atoms with Crippen molar-refractivity contribution in [1.29, 1.82) is 0 Å². The van der Waals surface area contributed by atoms with Crippen LogP contribution in [-0.2, 0) is 9.53 Å². The largest absolute Gasteiger partial charge is 0.471 e. The fourth-order valence-electron chi connectivity index (χ4n) is 4.05. The SMILES string of the molecule is CCOC(=O)[C@H](C)Oc1c(C=Nn2c(-c3cc4ccccc4o3)nc3ccccc3c2=O)cc(Br)cc1[N+](=O)[O-]. The van der Waals surface area contributed by atoms with Crippen molar-refractivity contribution in [2.75, 3.05) is 6.61 Å². The molecule has 0 bridgehead atoms. The smallest absolute Gasteiger partial charge is 0.347 e. The monoisotopic (exact) mass is 604 g/mol. The molecule has 0 unspecified atom stereocenters. The lowest BCUT2D eigenvalue weighted by molar-refractivity contribution is -0.386. The number of para-hydroxylation sites is 2. The van der Waals surface area contributed by atoms with Gasteiger partial charge in [0.05, 0.1) is 28.6 Å². The van der Waals surface area contributed by atoms with Gasteiger partial charge in [0.1, 0.15) is 5.58 Å². The molecule has 5 aromatic rings. The quantitative estimate of drug-likeness (QED) is 0.0951. The maximum atomic E-state index is 13.6. The van der Waals surface area contributed by atoms with E-state index >= 15 is 0 Å². The number of nitro groups is 1. The Kier molecular flexibility index (Phi) is 7.43. The molecule has 5 rings (SSSR count). The molecule has 1 atom stereocenters. The first-order valence-corrected chi connectivity index (χ1v) is 12.9. The number of halogens is 1. The van der Waals surface area contributed by atoms with E-state index in [1.807, 2.05) is 18.2 Å². The summed E-state index contributed by atoms with van der Waals surface area (Å²) in [5, 5.41) is 17.4. The van der Waals surface area contributed by atoms with Gasteiger partial charge in [-0.25, -0.2) is 9.78 Å². The average molecular weight is 605 g/mol. The summed E-state index contributed by atoms with van der Waals surface area (Å²) in [7, 11) is 0. The van der Waals surface area contributed by atoms with Crippen LogP contribution in [0.3, 0.4) is 0 Å². The Morgan fingerprint density at radius 1 is 1.20 bits per heavy atom. The van der Waals surface area contributed by atoms with Crippen molar-refractivity contribution in [2.24, 2.45) is 5.10 Å². The summed E-state index contributed by atoms with van der Waals surface area (Å²) in [5.74, 6) is -0.480. The Morgan fingerprint density at radius 3 is 2.70 bits per heavy atom. The number of hydrogen-bond donors (Lipinski definition) is 0. The summed E-state index contributed by atoms with van der Waals surface area (Å²) in [4.78, 5) is 41.7. The van der Waals surface area contributed by atoms with E-state index in [9.17, 15) is 19.7 Å². The highest BCUT2D eigenvalue weighted by Gasteiger charge is 2.26. The molecule has 3 aromatic carbocycles. The summed E-state index contributed by atoms with van der Waals surface area (Å²) in [6.07, 6.45) is 0.0813. The maximum Gasteiger partial charge on any atom is 0.347 e. The van der Waals surface area contributed by atoms with Gasteiger partial charge < -0.3 is 13.9 Å². The van der Waals surface area contributed by atoms with Gasteiger partial charge in [-0.3, -0.25) is 14.9 Å². The Morgan fingerprint density at radius 2 is 1.95 bits per heavy atom. The first-order chi connectivity index (χ1) is 19.3. The van der Waals surface area contributed by atoms with E-state index in [-0.39, 0.29) is 23.7 Å². The molecule has 0 aliphatic heterocycles. The third-order valence-corrected chi connectivity index (χ3v) is 6.34. The normalized spacial score (nSPS) is 12.2. The zero-order chi connectivity index (χ0) is 28.4. The van der Waals surface area contributed by atoms with Crippen LogP contribution < -0.4 is 10.3 Å². The molecule has 0 saturated heterocycles. The lowest BCUT2D eigenvalue weighted by atomic mass is 10.2. The van der Waals surface area contributed by atoms with Gasteiger partial charge in [0.25, 0.3) is 5.56 Å². The van der Waals surface area contributed by atoms with E-state index in [0.29, 0.717) is 26.7 Å². The molecule has 0 amide bonds. The second-order valence-corrected chi connectivity index (χ2v) is 9.49. The third-order valence-electron chi connectivity index (χ3n) is 5.88. The van der Waals surface area contributed by atoms with Crippen LogP contribution in [0.5, 0.6) is 5.75 Å². The van der Waals surface area contributed by atoms with Crippen LogP contribution in [0.15, 0.2) is 85.5 Å². The molecule has 0 radical (unpaired) electrons. The predicted molar refractivity (Wildman–Crippen MR) is 152 cm³/mol. The van der Waals surface area contributed by atoms with Crippen LogP contribution in [0.1, 0.15) is 19.4 Å². The van der Waals surface area contributed by atoms with Crippen LogP contribution in [0.2, 0.25) is 0 Å². The molecule has 0 aliphatic rings. The second kappa shape index (κ2) is 11.1. The fourth-order valence-corrected chi connectivity index (χ4v) is 4.51. The molecule has 2 aromatic heterocycles. The number of carbonyl (C=O) groups is 1. The molecule has 11 nitrogen and oxygen atoms in total. The number of hydrogen-bond acceptors (Lipinski definition) is 9. The van der Waals surface area contributed by atoms with E-state index in [1.54, 1.807) is 43.3 Å². The van der Waals surface area contributed by atoms with E-state index < -0.39 is 28.2 Å². The highest BCUT2D eigenvalue weighted by Crippen LogP contribution is 2.35. The number of fused-ring (bicyclic) bond motifs is 2. The van der Waals surface area contributed by atoms with Crippen molar-refractivity contribution in [2.45, 2.75) is 20.0 Å². The van der Waals surface area contributed by atoms with Crippen molar-refractivity contribution in [3.8, 4) is 17.3 Å². The van der Waals surface area contributed by atoms with Gasteiger partial charge in [0, 0.05) is 21.5 Å². The van der Waals surface area contributed by atoms with Crippen LogP contribution in [0.25, 0.3) is 33.5 Å². The topological polar surface area (TPSA) is 139 Å². The summed E-state index contributed by atoms with van der Waals surface area (Å²) >= 11 is 3.27. The summed E-state index contributed by atoms with van der Waals surface area (Å²) < 4.78 is 18.1. The minimum atomic E-state index is -1.15. The van der Waals surface area contributed by atoms with Crippen molar-refractivity contribution in [3.05, 3.63) is 97.2 Å².